The molecule has 0 amide bonds. The molecule has 0 aromatic heterocycles. The van der Waals surface area contributed by atoms with Gasteiger partial charge in [-0.2, -0.15) is 0 Å². The molecule has 0 N–H and O–H groups in total. The van der Waals surface area contributed by atoms with Crippen LogP contribution in [0.1, 0.15) is 0 Å². The number of rotatable bonds is 2. The van der Waals surface area contributed by atoms with Crippen molar-refractivity contribution in [1.82, 2.24) is 0 Å². The Balaban J connectivity index is 2.64. The molecule has 7 heteroatoms. The summed E-state index contributed by atoms with van der Waals surface area (Å²) in [5.74, 6) is -9.94. The van der Waals surface area contributed by atoms with Gasteiger partial charge in [-0.05, 0) is 5.30 Å². The van der Waals surface area contributed by atoms with Gasteiger partial charge < -0.3 is 0 Å². The highest BCUT2D eigenvalue weighted by Crippen LogP contribution is 2.41. The van der Waals surface area contributed by atoms with Crippen molar-refractivity contribution in [3.05, 3.63) is 59.4 Å². The number of hydrogen-bond donors (Lipinski definition) is 0. The Hall–Kier alpha value is -1.19. The molecule has 0 heterocycles. The molecule has 0 aliphatic heterocycles. The zero-order chi connectivity index (χ0) is 14.2. The fraction of sp³-hybridized carbons (Fsp3) is 0. The van der Waals surface area contributed by atoms with Crippen LogP contribution in [0.25, 0.3) is 0 Å². The third-order valence-electron chi connectivity index (χ3n) is 2.37. The average Bonchev–Trinajstić information content (AvgIpc) is 2.44. The van der Waals surface area contributed by atoms with E-state index in [0.29, 0.717) is 5.30 Å². The monoisotopic (exact) mass is 310 g/mol. The average molecular weight is 311 g/mol. The predicted molar refractivity (Wildman–Crippen MR) is 64.7 cm³/mol. The van der Waals surface area contributed by atoms with Crippen LogP contribution in [0, 0.1) is 29.1 Å². The molecule has 0 fully saturated rings. The molecular weight excluding hydrogens is 306 g/mol. The van der Waals surface area contributed by atoms with E-state index >= 15 is 0 Å². The Labute approximate surface area is 111 Å². The van der Waals surface area contributed by atoms with Crippen molar-refractivity contribution >= 4 is 29.1 Å². The minimum atomic E-state index is -2.19. The van der Waals surface area contributed by atoms with Crippen LogP contribution in [0.5, 0.6) is 0 Å². The van der Waals surface area contributed by atoms with Crippen molar-refractivity contribution in [3.63, 3.8) is 0 Å². The summed E-state index contributed by atoms with van der Waals surface area (Å²) in [5.41, 5.74) is 0. The van der Waals surface area contributed by atoms with Gasteiger partial charge in [0.05, 0.1) is 12.6 Å². The lowest BCUT2D eigenvalue weighted by atomic mass is 10.3. The van der Waals surface area contributed by atoms with E-state index in [9.17, 15) is 22.0 Å². The van der Waals surface area contributed by atoms with E-state index in [1.165, 1.54) is 12.1 Å². The molecule has 1 unspecified atom stereocenters. The van der Waals surface area contributed by atoms with E-state index in [1.54, 1.807) is 18.2 Å². The van der Waals surface area contributed by atoms with E-state index in [1.807, 2.05) is 0 Å². The molecule has 2 aromatic rings. The molecule has 0 nitrogen and oxygen atoms in total. The first-order chi connectivity index (χ1) is 8.95. The summed E-state index contributed by atoms with van der Waals surface area (Å²) in [7, 11) is -2.18. The molecule has 0 aliphatic rings. The first kappa shape index (κ1) is 14.2. The van der Waals surface area contributed by atoms with Gasteiger partial charge in [0.25, 0.3) is 0 Å². The summed E-state index contributed by atoms with van der Waals surface area (Å²) in [5, 5.41) is -0.693. The molecule has 2 aromatic carbocycles. The van der Waals surface area contributed by atoms with E-state index < -0.39 is 41.7 Å². The summed E-state index contributed by atoms with van der Waals surface area (Å²) in [4.78, 5) is 0. The summed E-state index contributed by atoms with van der Waals surface area (Å²) in [6.45, 7) is 0. The molecule has 0 spiro atoms. The van der Waals surface area contributed by atoms with E-state index in [4.69, 9.17) is 11.2 Å². The zero-order valence-corrected chi connectivity index (χ0v) is 10.8. The van der Waals surface area contributed by atoms with E-state index in [0.717, 1.165) is 0 Å². The van der Waals surface area contributed by atoms with Crippen molar-refractivity contribution in [2.75, 3.05) is 0 Å². The lowest BCUT2D eigenvalue weighted by Gasteiger charge is -2.13. The lowest BCUT2D eigenvalue weighted by Crippen LogP contribution is -2.21. The quantitative estimate of drug-likeness (QED) is 0.341. The van der Waals surface area contributed by atoms with Crippen LogP contribution in [0.4, 0.5) is 22.0 Å². The second kappa shape index (κ2) is 5.43. The minimum Gasteiger partial charge on any atom is -0.203 e. The third kappa shape index (κ3) is 2.45. The Morgan fingerprint density at radius 3 is 1.58 bits per heavy atom. The van der Waals surface area contributed by atoms with Crippen LogP contribution in [0.2, 0.25) is 0 Å². The Bertz CT molecular complexity index is 588. The van der Waals surface area contributed by atoms with Gasteiger partial charge in [-0.1, -0.05) is 41.6 Å². The summed E-state index contributed by atoms with van der Waals surface area (Å²) >= 11 is 5.87. The van der Waals surface area contributed by atoms with Crippen molar-refractivity contribution < 1.29 is 22.0 Å². The van der Waals surface area contributed by atoms with Crippen LogP contribution >= 0.6 is 18.5 Å². The molecule has 0 saturated carbocycles. The smallest absolute Gasteiger partial charge is 0.200 e. The van der Waals surface area contributed by atoms with Crippen LogP contribution in [-0.2, 0) is 0 Å². The standard InChI is InChI=1S/C12H5ClF5P/c13-19(6-4-2-1-3-5-6)12-10(17)8(15)7(14)9(16)11(12)18/h1-5H. The number of halogens is 6. The fourth-order valence-electron chi connectivity index (χ4n) is 1.45. The number of hydrogen-bond acceptors (Lipinski definition) is 0. The zero-order valence-electron chi connectivity index (χ0n) is 9.10. The molecule has 1 atom stereocenters. The molecule has 0 bridgehead atoms. The SMILES string of the molecule is Fc1c(F)c(F)c(P(Cl)c2ccccc2)c(F)c1F. The Morgan fingerprint density at radius 1 is 0.684 bits per heavy atom. The maximum absolute atomic E-state index is 13.5. The largest absolute Gasteiger partial charge is 0.203 e. The van der Waals surface area contributed by atoms with E-state index in [-0.39, 0.29) is 0 Å². The van der Waals surface area contributed by atoms with Gasteiger partial charge in [0.15, 0.2) is 23.3 Å². The summed E-state index contributed by atoms with van der Waals surface area (Å²) < 4.78 is 66.1. The fourth-order valence-corrected chi connectivity index (χ4v) is 3.47. The van der Waals surface area contributed by atoms with Gasteiger partial charge in [-0.3, -0.25) is 0 Å². The summed E-state index contributed by atoms with van der Waals surface area (Å²) in [6, 6.07) is 7.66. The highest BCUT2D eigenvalue weighted by molar-refractivity contribution is 7.95. The molecule has 2 rings (SSSR count). The summed E-state index contributed by atoms with van der Waals surface area (Å²) in [6.07, 6.45) is 0. The number of benzene rings is 2. The van der Waals surface area contributed by atoms with Gasteiger partial charge >= 0.3 is 0 Å². The second-order valence-corrected chi connectivity index (χ2v) is 6.07. The van der Waals surface area contributed by atoms with Crippen LogP contribution in [0.15, 0.2) is 30.3 Å². The first-order valence-corrected chi connectivity index (χ1v) is 7.22. The van der Waals surface area contributed by atoms with Crippen LogP contribution in [0.3, 0.4) is 0 Å². The minimum absolute atomic E-state index is 0.294. The topological polar surface area (TPSA) is 0 Å². The van der Waals surface area contributed by atoms with Gasteiger partial charge in [-0.15, -0.1) is 0 Å². The van der Waals surface area contributed by atoms with E-state index in [2.05, 4.69) is 0 Å². The normalized spacial score (nSPS) is 12.5. The van der Waals surface area contributed by atoms with Gasteiger partial charge in [0.2, 0.25) is 5.82 Å². The molecule has 0 aliphatic carbocycles. The first-order valence-electron chi connectivity index (χ1n) is 4.97. The predicted octanol–water partition coefficient (Wildman–Crippen LogP) is 3.97. The van der Waals surface area contributed by atoms with Crippen molar-refractivity contribution in [3.8, 4) is 0 Å². The molecule has 0 radical (unpaired) electrons. The Kier molecular flexibility index (Phi) is 4.07. The van der Waals surface area contributed by atoms with Gasteiger partial charge in [0, 0.05) is 0 Å². The molecule has 0 saturated heterocycles. The second-order valence-electron chi connectivity index (χ2n) is 3.53. The van der Waals surface area contributed by atoms with Crippen molar-refractivity contribution in [2.24, 2.45) is 0 Å². The Morgan fingerprint density at radius 2 is 1.11 bits per heavy atom. The van der Waals surface area contributed by atoms with Crippen LogP contribution in [-0.4, -0.2) is 0 Å². The van der Waals surface area contributed by atoms with Crippen molar-refractivity contribution in [1.29, 1.82) is 0 Å². The molecular formula is C12H5ClF5P. The van der Waals surface area contributed by atoms with Gasteiger partial charge in [-0.25, -0.2) is 22.0 Å². The van der Waals surface area contributed by atoms with Crippen LogP contribution < -0.4 is 10.6 Å². The maximum atomic E-state index is 13.5. The van der Waals surface area contributed by atoms with Crippen molar-refractivity contribution in [2.45, 2.75) is 0 Å². The third-order valence-corrected chi connectivity index (χ3v) is 5.00. The highest BCUT2D eigenvalue weighted by Gasteiger charge is 2.30. The van der Waals surface area contributed by atoms with Gasteiger partial charge in [0.1, 0.15) is 0 Å². The maximum Gasteiger partial charge on any atom is 0.200 e. The lowest BCUT2D eigenvalue weighted by molar-refractivity contribution is 0.384. The highest BCUT2D eigenvalue weighted by atomic mass is 35.7. The molecule has 19 heavy (non-hydrogen) atoms. The molecule has 100 valence electrons.